The Labute approximate surface area is 146 Å². The molecule has 0 aliphatic rings. The molecule has 0 radical (unpaired) electrons. The smallest absolute Gasteiger partial charge is 0.272 e. The summed E-state index contributed by atoms with van der Waals surface area (Å²) >= 11 is 0. The van der Waals surface area contributed by atoms with Gasteiger partial charge in [0.2, 0.25) is 5.91 Å². The zero-order chi connectivity index (χ0) is 17.9. The van der Waals surface area contributed by atoms with Crippen LogP contribution in [0.2, 0.25) is 0 Å². The number of amides is 2. The molecular formula is C20H19N3O2. The maximum Gasteiger partial charge on any atom is 0.288 e. The fraction of sp³-hybridized carbons (Fsp3) is 0.150. The Kier molecular flexibility index (Phi) is 4.48. The van der Waals surface area contributed by atoms with Crippen LogP contribution < -0.4 is 10.9 Å². The number of benzene rings is 2. The lowest BCUT2D eigenvalue weighted by Crippen LogP contribution is -2.49. The van der Waals surface area contributed by atoms with Crippen LogP contribution in [0.15, 0.2) is 66.7 Å². The quantitative estimate of drug-likeness (QED) is 0.724. The van der Waals surface area contributed by atoms with Crippen LogP contribution in [0.4, 0.5) is 0 Å². The topological polar surface area (TPSA) is 71.1 Å². The molecule has 25 heavy (non-hydrogen) atoms. The van der Waals surface area contributed by atoms with Crippen molar-refractivity contribution in [3.05, 3.63) is 78.0 Å². The monoisotopic (exact) mass is 333 g/mol. The number of rotatable bonds is 3. The van der Waals surface area contributed by atoms with Gasteiger partial charge in [-0.3, -0.25) is 20.4 Å². The number of nitrogens with one attached hydrogen (secondary N) is 2. The average molecular weight is 333 g/mol. The summed E-state index contributed by atoms with van der Waals surface area (Å²) in [6.45, 7) is 3.61. The number of pyridine rings is 1. The summed E-state index contributed by atoms with van der Waals surface area (Å²) in [5.41, 5.74) is 6.00. The van der Waals surface area contributed by atoms with Gasteiger partial charge in [-0.2, -0.15) is 0 Å². The Morgan fingerprint density at radius 3 is 2.28 bits per heavy atom. The molecule has 0 aliphatic heterocycles. The molecule has 3 aromatic rings. The number of carbonyl (C=O) groups is 2. The molecular weight excluding hydrogens is 314 g/mol. The molecule has 0 fully saturated rings. The van der Waals surface area contributed by atoms with Crippen molar-refractivity contribution in [3.8, 4) is 0 Å². The summed E-state index contributed by atoms with van der Waals surface area (Å²) in [6.07, 6.45) is 0. The first-order chi connectivity index (χ1) is 12.0. The molecule has 5 nitrogen and oxygen atoms in total. The number of nitrogens with zero attached hydrogens (tertiary/aromatic N) is 1. The van der Waals surface area contributed by atoms with Gasteiger partial charge in [0.15, 0.2) is 0 Å². The molecule has 2 aromatic carbocycles. The summed E-state index contributed by atoms with van der Waals surface area (Å²) in [4.78, 5) is 29.0. The lowest BCUT2D eigenvalue weighted by molar-refractivity contribution is -0.126. The lowest BCUT2D eigenvalue weighted by atomic mass is 9.84. The highest BCUT2D eigenvalue weighted by Gasteiger charge is 2.29. The number of fused-ring (bicyclic) bond motifs is 1. The van der Waals surface area contributed by atoms with E-state index in [0.717, 1.165) is 16.5 Å². The molecule has 3 rings (SSSR count). The Morgan fingerprint density at radius 2 is 1.52 bits per heavy atom. The molecule has 126 valence electrons. The highest BCUT2D eigenvalue weighted by atomic mass is 16.2. The van der Waals surface area contributed by atoms with E-state index in [4.69, 9.17) is 0 Å². The minimum Gasteiger partial charge on any atom is -0.272 e. The van der Waals surface area contributed by atoms with Gasteiger partial charge >= 0.3 is 0 Å². The van der Waals surface area contributed by atoms with Gasteiger partial charge in [-0.25, -0.2) is 4.98 Å². The van der Waals surface area contributed by atoms with Gasteiger partial charge < -0.3 is 0 Å². The predicted octanol–water partition coefficient (Wildman–Crippen LogP) is 2.97. The van der Waals surface area contributed by atoms with Crippen molar-refractivity contribution in [1.82, 2.24) is 15.8 Å². The molecule has 2 amide bonds. The minimum absolute atomic E-state index is 0.247. The van der Waals surface area contributed by atoms with Gasteiger partial charge in [0.05, 0.1) is 10.9 Å². The van der Waals surface area contributed by atoms with Crippen LogP contribution in [0, 0.1) is 0 Å². The van der Waals surface area contributed by atoms with E-state index in [1.807, 2.05) is 60.7 Å². The minimum atomic E-state index is -0.772. The van der Waals surface area contributed by atoms with Crippen LogP contribution in [0.25, 0.3) is 10.9 Å². The van der Waals surface area contributed by atoms with Crippen LogP contribution in [0.1, 0.15) is 29.9 Å². The van der Waals surface area contributed by atoms with E-state index in [2.05, 4.69) is 15.8 Å². The third-order valence-electron chi connectivity index (χ3n) is 4.18. The van der Waals surface area contributed by atoms with E-state index in [9.17, 15) is 9.59 Å². The van der Waals surface area contributed by atoms with Crippen LogP contribution in [-0.4, -0.2) is 16.8 Å². The third kappa shape index (κ3) is 3.50. The van der Waals surface area contributed by atoms with Crippen molar-refractivity contribution in [3.63, 3.8) is 0 Å². The van der Waals surface area contributed by atoms with Crippen molar-refractivity contribution >= 4 is 22.7 Å². The summed E-state index contributed by atoms with van der Waals surface area (Å²) in [6, 6.07) is 20.4. The average Bonchev–Trinajstić information content (AvgIpc) is 2.66. The van der Waals surface area contributed by atoms with Crippen molar-refractivity contribution < 1.29 is 9.59 Å². The molecule has 2 N–H and O–H groups in total. The predicted molar refractivity (Wildman–Crippen MR) is 96.8 cm³/mol. The first-order valence-electron chi connectivity index (χ1n) is 8.00. The van der Waals surface area contributed by atoms with Gasteiger partial charge in [0.25, 0.3) is 5.91 Å². The number of para-hydroxylation sites is 1. The van der Waals surface area contributed by atoms with Crippen molar-refractivity contribution in [2.24, 2.45) is 0 Å². The van der Waals surface area contributed by atoms with E-state index in [1.165, 1.54) is 0 Å². The second-order valence-corrected chi connectivity index (χ2v) is 6.29. The van der Waals surface area contributed by atoms with Crippen LogP contribution in [0.3, 0.4) is 0 Å². The number of carbonyl (C=O) groups excluding carboxylic acids is 2. The Bertz CT molecular complexity index is 920. The fourth-order valence-corrected chi connectivity index (χ4v) is 2.51. The van der Waals surface area contributed by atoms with Crippen LogP contribution >= 0.6 is 0 Å². The maximum atomic E-state index is 12.5. The van der Waals surface area contributed by atoms with Crippen LogP contribution in [-0.2, 0) is 10.2 Å². The highest BCUT2D eigenvalue weighted by molar-refractivity contribution is 5.97. The SMILES string of the molecule is CC(C)(C(=O)NNC(=O)c1ccc2ccccc2n1)c1ccccc1. The van der Waals surface area contributed by atoms with Gasteiger partial charge in [0, 0.05) is 5.39 Å². The van der Waals surface area contributed by atoms with Gasteiger partial charge in [0.1, 0.15) is 5.69 Å². The van der Waals surface area contributed by atoms with E-state index in [1.54, 1.807) is 19.9 Å². The molecule has 0 saturated carbocycles. The molecule has 5 heteroatoms. The molecule has 0 atom stereocenters. The van der Waals surface area contributed by atoms with Crippen molar-refractivity contribution in [1.29, 1.82) is 0 Å². The van der Waals surface area contributed by atoms with E-state index in [0.29, 0.717) is 0 Å². The Hall–Kier alpha value is -3.21. The molecule has 1 aromatic heterocycles. The summed E-state index contributed by atoms with van der Waals surface area (Å²) in [5, 5.41) is 0.952. The number of hydrogen-bond acceptors (Lipinski definition) is 3. The molecule has 0 bridgehead atoms. The fourth-order valence-electron chi connectivity index (χ4n) is 2.51. The zero-order valence-electron chi connectivity index (χ0n) is 14.1. The standard InChI is InChI=1S/C20H19N3O2/c1-20(2,15-9-4-3-5-10-15)19(25)23-22-18(24)17-13-12-14-8-6-7-11-16(14)21-17/h3-13H,1-2H3,(H,22,24)(H,23,25). The zero-order valence-corrected chi connectivity index (χ0v) is 14.1. The summed E-state index contributed by atoms with van der Waals surface area (Å²) in [7, 11) is 0. The number of hydrazine groups is 1. The van der Waals surface area contributed by atoms with Crippen molar-refractivity contribution in [2.75, 3.05) is 0 Å². The second kappa shape index (κ2) is 6.73. The second-order valence-electron chi connectivity index (χ2n) is 6.29. The third-order valence-corrected chi connectivity index (χ3v) is 4.18. The maximum absolute atomic E-state index is 12.5. The van der Waals surface area contributed by atoms with E-state index in [-0.39, 0.29) is 11.6 Å². The Morgan fingerprint density at radius 1 is 0.840 bits per heavy atom. The highest BCUT2D eigenvalue weighted by Crippen LogP contribution is 2.22. The molecule has 0 aliphatic carbocycles. The van der Waals surface area contributed by atoms with E-state index < -0.39 is 11.3 Å². The first kappa shape index (κ1) is 16.6. The van der Waals surface area contributed by atoms with Gasteiger partial charge in [-0.1, -0.05) is 54.6 Å². The number of aromatic nitrogens is 1. The summed E-state index contributed by atoms with van der Waals surface area (Å²) in [5.74, 6) is -0.754. The molecule has 0 unspecified atom stereocenters. The molecule has 0 spiro atoms. The van der Waals surface area contributed by atoms with Crippen LogP contribution in [0.5, 0.6) is 0 Å². The Balaban J connectivity index is 1.69. The first-order valence-corrected chi connectivity index (χ1v) is 8.00. The number of hydrogen-bond donors (Lipinski definition) is 2. The van der Waals surface area contributed by atoms with Gasteiger partial charge in [-0.15, -0.1) is 0 Å². The van der Waals surface area contributed by atoms with Gasteiger partial charge in [-0.05, 0) is 31.5 Å². The molecule has 1 heterocycles. The summed E-state index contributed by atoms with van der Waals surface area (Å²) < 4.78 is 0. The van der Waals surface area contributed by atoms with E-state index >= 15 is 0 Å². The molecule has 0 saturated heterocycles. The normalized spacial score (nSPS) is 11.1. The lowest BCUT2D eigenvalue weighted by Gasteiger charge is -2.24. The largest absolute Gasteiger partial charge is 0.288 e. The van der Waals surface area contributed by atoms with Crippen molar-refractivity contribution in [2.45, 2.75) is 19.3 Å².